The molecule has 0 spiro atoms. The second-order valence-corrected chi connectivity index (χ2v) is 3.85. The van der Waals surface area contributed by atoms with Crippen molar-refractivity contribution in [1.82, 2.24) is 4.90 Å². The maximum Gasteiger partial charge on any atom is 0.246 e. The van der Waals surface area contributed by atoms with Crippen molar-refractivity contribution in [2.75, 3.05) is 6.54 Å². The van der Waals surface area contributed by atoms with Crippen molar-refractivity contribution in [3.05, 3.63) is 12.7 Å². The zero-order valence-corrected chi connectivity index (χ0v) is 9.26. The van der Waals surface area contributed by atoms with E-state index in [2.05, 4.69) is 27.4 Å². The molecule has 0 saturated carbocycles. The fourth-order valence-corrected chi connectivity index (χ4v) is 1.74. The second-order valence-electron chi connectivity index (χ2n) is 3.85. The molecule has 0 rings (SSSR count). The first-order valence-electron chi connectivity index (χ1n) is 4.93. The molecule has 0 heterocycles. The Bertz CT molecular complexity index is 185. The molecule has 0 aliphatic heterocycles. The topological polar surface area (TPSA) is 20.3 Å². The van der Waals surface area contributed by atoms with E-state index < -0.39 is 0 Å². The molecule has 0 aliphatic carbocycles. The van der Waals surface area contributed by atoms with Gasteiger partial charge >= 0.3 is 0 Å². The van der Waals surface area contributed by atoms with Crippen molar-refractivity contribution in [1.29, 1.82) is 0 Å². The summed E-state index contributed by atoms with van der Waals surface area (Å²) >= 11 is 0. The van der Waals surface area contributed by atoms with E-state index >= 15 is 0 Å². The van der Waals surface area contributed by atoms with Gasteiger partial charge in [0.15, 0.2) is 0 Å². The van der Waals surface area contributed by atoms with Crippen molar-refractivity contribution in [2.24, 2.45) is 0 Å². The zero-order valence-electron chi connectivity index (χ0n) is 9.26. The van der Waals surface area contributed by atoms with E-state index in [1.165, 1.54) is 6.08 Å². The van der Waals surface area contributed by atoms with Crippen molar-refractivity contribution in [3.63, 3.8) is 0 Å². The summed E-state index contributed by atoms with van der Waals surface area (Å²) in [5.74, 6) is 0.0287. The lowest BCUT2D eigenvalue weighted by Gasteiger charge is -2.37. The van der Waals surface area contributed by atoms with Crippen molar-refractivity contribution < 1.29 is 4.79 Å². The molecule has 0 aromatic rings. The van der Waals surface area contributed by atoms with E-state index in [0.717, 1.165) is 19.4 Å². The van der Waals surface area contributed by atoms with Crippen molar-refractivity contribution in [3.8, 4) is 0 Å². The number of hydrogen-bond acceptors (Lipinski definition) is 1. The Morgan fingerprint density at radius 1 is 1.46 bits per heavy atom. The predicted octanol–water partition coefficient (Wildman–Crippen LogP) is 2.60. The highest BCUT2D eigenvalue weighted by molar-refractivity contribution is 5.87. The first kappa shape index (κ1) is 12.2. The SMILES string of the molecule is C=CC(=O)N(CC)C(C)(C)CCC. The minimum atomic E-state index is -0.0469. The smallest absolute Gasteiger partial charge is 0.246 e. The molecule has 1 amide bonds. The van der Waals surface area contributed by atoms with Crippen LogP contribution >= 0.6 is 0 Å². The van der Waals surface area contributed by atoms with Gasteiger partial charge in [-0.1, -0.05) is 19.9 Å². The molecule has 0 aromatic carbocycles. The summed E-state index contributed by atoms with van der Waals surface area (Å²) < 4.78 is 0. The second kappa shape index (κ2) is 5.05. The normalized spacial score (nSPS) is 11.1. The molecule has 0 bridgehead atoms. The first-order chi connectivity index (χ1) is 5.99. The molecule has 0 unspecified atom stereocenters. The lowest BCUT2D eigenvalue weighted by atomic mass is 9.96. The molecule has 2 heteroatoms. The third kappa shape index (κ3) is 3.21. The van der Waals surface area contributed by atoms with Gasteiger partial charge in [0.1, 0.15) is 0 Å². The minimum absolute atomic E-state index is 0.0287. The number of carbonyl (C=O) groups is 1. The molecule has 0 saturated heterocycles. The van der Waals surface area contributed by atoms with E-state index in [-0.39, 0.29) is 11.4 Å². The number of amides is 1. The van der Waals surface area contributed by atoms with Crippen LogP contribution in [-0.2, 0) is 4.79 Å². The van der Waals surface area contributed by atoms with Crippen LogP contribution in [0, 0.1) is 0 Å². The molecule has 76 valence electrons. The summed E-state index contributed by atoms with van der Waals surface area (Å²) in [4.78, 5) is 13.3. The Balaban J connectivity index is 4.54. The third-order valence-corrected chi connectivity index (χ3v) is 2.35. The van der Waals surface area contributed by atoms with Crippen molar-refractivity contribution >= 4 is 5.91 Å². The lowest BCUT2D eigenvalue weighted by molar-refractivity contribution is -0.131. The summed E-state index contributed by atoms with van der Waals surface area (Å²) in [5, 5.41) is 0. The number of nitrogens with zero attached hydrogens (tertiary/aromatic N) is 1. The van der Waals surface area contributed by atoms with Crippen LogP contribution in [0.5, 0.6) is 0 Å². The number of carbonyl (C=O) groups excluding carboxylic acids is 1. The van der Waals surface area contributed by atoms with E-state index in [4.69, 9.17) is 0 Å². The Morgan fingerprint density at radius 2 is 2.00 bits per heavy atom. The van der Waals surface area contributed by atoms with Crippen LogP contribution in [0.15, 0.2) is 12.7 Å². The van der Waals surface area contributed by atoms with E-state index in [1.54, 1.807) is 0 Å². The fourth-order valence-electron chi connectivity index (χ4n) is 1.74. The number of hydrogen-bond donors (Lipinski definition) is 0. The quantitative estimate of drug-likeness (QED) is 0.600. The van der Waals surface area contributed by atoms with Gasteiger partial charge in [-0.2, -0.15) is 0 Å². The van der Waals surface area contributed by atoms with Crippen LogP contribution in [-0.4, -0.2) is 22.9 Å². The van der Waals surface area contributed by atoms with Gasteiger partial charge in [-0.05, 0) is 33.3 Å². The van der Waals surface area contributed by atoms with Crippen LogP contribution in [0.25, 0.3) is 0 Å². The highest BCUT2D eigenvalue weighted by Crippen LogP contribution is 2.20. The minimum Gasteiger partial charge on any atom is -0.334 e. The lowest BCUT2D eigenvalue weighted by Crippen LogP contribution is -2.46. The Labute approximate surface area is 81.6 Å². The Morgan fingerprint density at radius 3 is 2.31 bits per heavy atom. The largest absolute Gasteiger partial charge is 0.334 e. The van der Waals surface area contributed by atoms with Gasteiger partial charge in [0.2, 0.25) is 5.91 Å². The van der Waals surface area contributed by atoms with Crippen LogP contribution in [0.1, 0.15) is 40.5 Å². The average molecular weight is 183 g/mol. The molecular formula is C11H21NO. The molecule has 13 heavy (non-hydrogen) atoms. The fraction of sp³-hybridized carbons (Fsp3) is 0.727. The van der Waals surface area contributed by atoms with Gasteiger partial charge < -0.3 is 4.90 Å². The van der Waals surface area contributed by atoms with Crippen LogP contribution in [0.3, 0.4) is 0 Å². The molecule has 0 fully saturated rings. The van der Waals surface area contributed by atoms with Gasteiger partial charge in [0.05, 0.1) is 0 Å². The summed E-state index contributed by atoms with van der Waals surface area (Å²) in [6.45, 7) is 12.6. The Hall–Kier alpha value is -0.790. The molecule has 0 aliphatic rings. The van der Waals surface area contributed by atoms with E-state index in [9.17, 15) is 4.79 Å². The Kier molecular flexibility index (Phi) is 4.74. The standard InChI is InChI=1S/C11H21NO/c1-6-9-11(4,5)12(8-3)10(13)7-2/h7H,2,6,8-9H2,1,3-5H3. The van der Waals surface area contributed by atoms with Gasteiger partial charge in [-0.3, -0.25) is 4.79 Å². The molecule has 2 nitrogen and oxygen atoms in total. The summed E-state index contributed by atoms with van der Waals surface area (Å²) in [5.41, 5.74) is -0.0469. The predicted molar refractivity (Wildman–Crippen MR) is 56.6 cm³/mol. The molecule has 0 aromatic heterocycles. The number of rotatable bonds is 5. The summed E-state index contributed by atoms with van der Waals surface area (Å²) in [6.07, 6.45) is 3.51. The maximum absolute atomic E-state index is 11.5. The monoisotopic (exact) mass is 183 g/mol. The first-order valence-corrected chi connectivity index (χ1v) is 4.93. The van der Waals surface area contributed by atoms with Gasteiger partial charge in [0, 0.05) is 12.1 Å². The van der Waals surface area contributed by atoms with Gasteiger partial charge in [-0.25, -0.2) is 0 Å². The highest BCUT2D eigenvalue weighted by Gasteiger charge is 2.26. The highest BCUT2D eigenvalue weighted by atomic mass is 16.2. The summed E-state index contributed by atoms with van der Waals surface area (Å²) in [7, 11) is 0. The van der Waals surface area contributed by atoms with Gasteiger partial charge in [0.25, 0.3) is 0 Å². The van der Waals surface area contributed by atoms with E-state index in [1.807, 2.05) is 11.8 Å². The molecular weight excluding hydrogens is 162 g/mol. The van der Waals surface area contributed by atoms with Crippen molar-refractivity contribution in [2.45, 2.75) is 46.1 Å². The number of likely N-dealkylation sites (N-methyl/N-ethyl adjacent to an activating group) is 1. The van der Waals surface area contributed by atoms with E-state index in [0.29, 0.717) is 0 Å². The van der Waals surface area contributed by atoms with Gasteiger partial charge in [-0.15, -0.1) is 0 Å². The molecule has 0 radical (unpaired) electrons. The zero-order chi connectivity index (χ0) is 10.5. The molecule has 0 N–H and O–H groups in total. The van der Waals surface area contributed by atoms with Crippen LogP contribution in [0.4, 0.5) is 0 Å². The van der Waals surface area contributed by atoms with Crippen LogP contribution < -0.4 is 0 Å². The third-order valence-electron chi connectivity index (χ3n) is 2.35. The molecule has 0 atom stereocenters. The average Bonchev–Trinajstić information content (AvgIpc) is 2.04. The van der Waals surface area contributed by atoms with Crippen LogP contribution in [0.2, 0.25) is 0 Å². The maximum atomic E-state index is 11.5. The summed E-state index contributed by atoms with van der Waals surface area (Å²) in [6, 6.07) is 0.